The molecule has 2 heterocycles. The van der Waals surface area contributed by atoms with E-state index < -0.39 is 0 Å². The molecule has 2 aromatic heterocycles. The fraction of sp³-hybridized carbons (Fsp3) is 0.467. The van der Waals surface area contributed by atoms with Crippen molar-refractivity contribution >= 4 is 23.3 Å². The number of aryl methyl sites for hydroxylation is 1. The highest BCUT2D eigenvalue weighted by molar-refractivity contribution is 6.31. The number of anilines is 1. The molecular formula is C15H21ClN4O. The van der Waals surface area contributed by atoms with Crippen LogP contribution in [0.5, 0.6) is 0 Å². The number of hydrogen-bond acceptors (Lipinski definition) is 2. The fourth-order valence-electron chi connectivity index (χ4n) is 2.04. The van der Waals surface area contributed by atoms with E-state index in [4.69, 9.17) is 11.6 Å². The number of amides is 1. The Morgan fingerprint density at radius 3 is 2.71 bits per heavy atom. The van der Waals surface area contributed by atoms with Gasteiger partial charge in [0.1, 0.15) is 5.69 Å². The molecule has 0 spiro atoms. The van der Waals surface area contributed by atoms with E-state index in [0.717, 1.165) is 18.7 Å². The molecule has 0 saturated carbocycles. The average Bonchev–Trinajstić information content (AvgIpc) is 2.96. The van der Waals surface area contributed by atoms with Crippen LogP contribution in [0.3, 0.4) is 0 Å². The summed E-state index contributed by atoms with van der Waals surface area (Å²) in [6.45, 7) is 9.05. The summed E-state index contributed by atoms with van der Waals surface area (Å²) in [7, 11) is 0. The standard InChI is InChI=1S/C15H21ClN4O/c1-5-6-20-9-10(16)7-11(20)14(21)17-13-8-12(18-19-13)15(2,3)4/h7-9H,5-6H2,1-4H3,(H2,17,18,19,21). The quantitative estimate of drug-likeness (QED) is 0.901. The van der Waals surface area contributed by atoms with Crippen LogP contribution in [-0.4, -0.2) is 20.7 Å². The van der Waals surface area contributed by atoms with Gasteiger partial charge >= 0.3 is 0 Å². The Hall–Kier alpha value is -1.75. The van der Waals surface area contributed by atoms with Gasteiger partial charge in [-0.25, -0.2) is 0 Å². The van der Waals surface area contributed by atoms with Crippen LogP contribution in [0.1, 0.15) is 50.3 Å². The summed E-state index contributed by atoms with van der Waals surface area (Å²) < 4.78 is 1.86. The first kappa shape index (κ1) is 15.6. The SMILES string of the molecule is CCCn1cc(Cl)cc1C(=O)Nc1cc(C(C)(C)C)[nH]n1. The monoisotopic (exact) mass is 308 g/mol. The Balaban J connectivity index is 2.16. The normalized spacial score (nSPS) is 11.7. The Kier molecular flexibility index (Phi) is 4.42. The van der Waals surface area contributed by atoms with Gasteiger partial charge in [-0.3, -0.25) is 9.89 Å². The third-order valence-corrected chi connectivity index (χ3v) is 3.39. The van der Waals surface area contributed by atoms with E-state index in [1.165, 1.54) is 0 Å². The maximum atomic E-state index is 12.3. The highest BCUT2D eigenvalue weighted by Crippen LogP contribution is 2.22. The van der Waals surface area contributed by atoms with Crippen molar-refractivity contribution < 1.29 is 4.79 Å². The summed E-state index contributed by atoms with van der Waals surface area (Å²) >= 11 is 5.99. The van der Waals surface area contributed by atoms with Gasteiger partial charge in [0.2, 0.25) is 0 Å². The van der Waals surface area contributed by atoms with E-state index >= 15 is 0 Å². The number of carbonyl (C=O) groups excluding carboxylic acids is 1. The molecule has 0 fully saturated rings. The Bertz CT molecular complexity index is 636. The molecule has 2 rings (SSSR count). The van der Waals surface area contributed by atoms with Crippen LogP contribution in [0.15, 0.2) is 18.3 Å². The van der Waals surface area contributed by atoms with E-state index in [0.29, 0.717) is 16.5 Å². The van der Waals surface area contributed by atoms with Crippen LogP contribution in [0.2, 0.25) is 5.02 Å². The van der Waals surface area contributed by atoms with Crippen LogP contribution in [-0.2, 0) is 12.0 Å². The molecule has 21 heavy (non-hydrogen) atoms. The van der Waals surface area contributed by atoms with Gasteiger partial charge in [0.05, 0.1) is 5.02 Å². The van der Waals surface area contributed by atoms with Crippen molar-refractivity contribution in [2.24, 2.45) is 0 Å². The van der Waals surface area contributed by atoms with Crippen LogP contribution < -0.4 is 5.32 Å². The molecular weight excluding hydrogens is 288 g/mol. The first-order valence-electron chi connectivity index (χ1n) is 7.04. The Labute approximate surface area is 129 Å². The number of H-pyrrole nitrogens is 1. The van der Waals surface area contributed by atoms with Gasteiger partial charge in [0, 0.05) is 29.9 Å². The molecule has 5 nitrogen and oxygen atoms in total. The van der Waals surface area contributed by atoms with Crippen LogP contribution in [0.4, 0.5) is 5.82 Å². The number of halogens is 1. The van der Waals surface area contributed by atoms with Gasteiger partial charge in [0.25, 0.3) is 5.91 Å². The summed E-state index contributed by atoms with van der Waals surface area (Å²) in [5.41, 5.74) is 1.48. The first-order valence-corrected chi connectivity index (χ1v) is 7.42. The third-order valence-electron chi connectivity index (χ3n) is 3.19. The van der Waals surface area contributed by atoms with Crippen molar-refractivity contribution in [1.29, 1.82) is 0 Å². The smallest absolute Gasteiger partial charge is 0.273 e. The lowest BCUT2D eigenvalue weighted by Crippen LogP contribution is -2.17. The number of nitrogens with one attached hydrogen (secondary N) is 2. The molecule has 0 aromatic carbocycles. The number of aromatic nitrogens is 3. The predicted octanol–water partition coefficient (Wildman–Crippen LogP) is 3.82. The molecule has 6 heteroatoms. The average molecular weight is 309 g/mol. The van der Waals surface area contributed by atoms with Gasteiger partial charge < -0.3 is 9.88 Å². The maximum Gasteiger partial charge on any atom is 0.273 e. The van der Waals surface area contributed by atoms with Crippen LogP contribution >= 0.6 is 11.6 Å². The molecule has 0 bridgehead atoms. The van der Waals surface area contributed by atoms with Crippen molar-refractivity contribution in [1.82, 2.24) is 14.8 Å². The highest BCUT2D eigenvalue weighted by Gasteiger charge is 2.19. The topological polar surface area (TPSA) is 62.7 Å². The zero-order valence-electron chi connectivity index (χ0n) is 12.8. The zero-order chi connectivity index (χ0) is 15.6. The van der Waals surface area contributed by atoms with Crippen molar-refractivity contribution in [3.05, 3.63) is 34.7 Å². The number of aromatic amines is 1. The molecule has 2 N–H and O–H groups in total. The minimum absolute atomic E-state index is 0.0400. The van der Waals surface area contributed by atoms with Gasteiger partial charge in [-0.1, -0.05) is 39.3 Å². The summed E-state index contributed by atoms with van der Waals surface area (Å²) in [5, 5.41) is 10.4. The third kappa shape index (κ3) is 3.67. The van der Waals surface area contributed by atoms with Crippen LogP contribution in [0, 0.1) is 0 Å². The van der Waals surface area contributed by atoms with Gasteiger partial charge in [-0.05, 0) is 12.5 Å². The summed E-state index contributed by atoms with van der Waals surface area (Å²) in [4.78, 5) is 12.3. The van der Waals surface area contributed by atoms with Crippen molar-refractivity contribution in [2.45, 2.75) is 46.1 Å². The number of hydrogen-bond donors (Lipinski definition) is 2. The number of carbonyl (C=O) groups is 1. The van der Waals surface area contributed by atoms with Crippen molar-refractivity contribution in [2.75, 3.05) is 5.32 Å². The molecule has 1 amide bonds. The van der Waals surface area contributed by atoms with E-state index in [2.05, 4.69) is 43.2 Å². The van der Waals surface area contributed by atoms with E-state index in [1.807, 2.05) is 10.6 Å². The van der Waals surface area contributed by atoms with Crippen LogP contribution in [0.25, 0.3) is 0 Å². The van der Waals surface area contributed by atoms with Gasteiger partial charge in [-0.2, -0.15) is 5.10 Å². The van der Waals surface area contributed by atoms with E-state index in [-0.39, 0.29) is 11.3 Å². The van der Waals surface area contributed by atoms with Gasteiger partial charge in [0.15, 0.2) is 5.82 Å². The number of nitrogens with zero attached hydrogens (tertiary/aromatic N) is 2. The van der Waals surface area contributed by atoms with Crippen molar-refractivity contribution in [3.8, 4) is 0 Å². The maximum absolute atomic E-state index is 12.3. The molecule has 0 aliphatic carbocycles. The second-order valence-electron chi connectivity index (χ2n) is 6.11. The molecule has 0 saturated heterocycles. The molecule has 0 aliphatic rings. The van der Waals surface area contributed by atoms with E-state index in [1.54, 1.807) is 12.3 Å². The van der Waals surface area contributed by atoms with E-state index in [9.17, 15) is 4.79 Å². The minimum Gasteiger partial charge on any atom is -0.342 e. The summed E-state index contributed by atoms with van der Waals surface area (Å²) in [6, 6.07) is 3.52. The molecule has 0 radical (unpaired) electrons. The number of rotatable bonds is 4. The van der Waals surface area contributed by atoms with Gasteiger partial charge in [-0.15, -0.1) is 0 Å². The second kappa shape index (κ2) is 5.93. The lowest BCUT2D eigenvalue weighted by Gasteiger charge is -2.14. The fourth-order valence-corrected chi connectivity index (χ4v) is 2.26. The molecule has 0 aliphatic heterocycles. The largest absolute Gasteiger partial charge is 0.342 e. The lowest BCUT2D eigenvalue weighted by atomic mass is 9.92. The zero-order valence-corrected chi connectivity index (χ0v) is 13.6. The predicted molar refractivity (Wildman–Crippen MR) is 85.0 cm³/mol. The molecule has 0 atom stereocenters. The summed E-state index contributed by atoms with van der Waals surface area (Å²) in [5.74, 6) is 0.313. The second-order valence-corrected chi connectivity index (χ2v) is 6.54. The molecule has 2 aromatic rings. The van der Waals surface area contributed by atoms with Crippen molar-refractivity contribution in [3.63, 3.8) is 0 Å². The molecule has 0 unspecified atom stereocenters. The lowest BCUT2D eigenvalue weighted by molar-refractivity contribution is 0.101. The molecule has 114 valence electrons. The minimum atomic E-state index is -0.206. The summed E-state index contributed by atoms with van der Waals surface area (Å²) in [6.07, 6.45) is 2.70. The highest BCUT2D eigenvalue weighted by atomic mass is 35.5. The Morgan fingerprint density at radius 2 is 2.14 bits per heavy atom. The first-order chi connectivity index (χ1) is 9.81. The Morgan fingerprint density at radius 1 is 1.43 bits per heavy atom.